The van der Waals surface area contributed by atoms with Gasteiger partial charge in [-0.1, -0.05) is 13.8 Å². The zero-order valence-corrected chi connectivity index (χ0v) is 17.6. The lowest BCUT2D eigenvalue weighted by Gasteiger charge is -2.21. The quantitative estimate of drug-likeness (QED) is 0.780. The molecule has 2 aromatic rings. The van der Waals surface area contributed by atoms with Crippen LogP contribution in [0.25, 0.3) is 10.4 Å². The molecular formula is C20H27ClN2O3S. The number of carbonyl (C=O) groups excluding carboxylic acids is 1. The van der Waals surface area contributed by atoms with Crippen molar-refractivity contribution in [3.05, 3.63) is 35.2 Å². The lowest BCUT2D eigenvalue weighted by Crippen LogP contribution is -2.34. The smallest absolute Gasteiger partial charge is 0.263 e. The minimum atomic E-state index is 0. The fourth-order valence-corrected chi connectivity index (χ4v) is 3.77. The number of carbonyl (C=O) groups is 1. The Morgan fingerprint density at radius 2 is 1.89 bits per heavy atom. The molecule has 0 radical (unpaired) electrons. The van der Waals surface area contributed by atoms with Crippen molar-refractivity contribution < 1.29 is 14.3 Å². The third-order valence-corrected chi connectivity index (χ3v) is 5.77. The Kier molecular flexibility index (Phi) is 7.53. The molecule has 5 nitrogen and oxygen atoms in total. The van der Waals surface area contributed by atoms with Crippen LogP contribution >= 0.6 is 23.7 Å². The summed E-state index contributed by atoms with van der Waals surface area (Å²) >= 11 is 1.49. The second kappa shape index (κ2) is 9.44. The fourth-order valence-electron chi connectivity index (χ4n) is 2.77. The minimum absolute atomic E-state index is 0. The Balaban J connectivity index is 0.00000261. The third kappa shape index (κ3) is 5.15. The van der Waals surface area contributed by atoms with Gasteiger partial charge in [-0.15, -0.1) is 23.7 Å². The van der Waals surface area contributed by atoms with Crippen LogP contribution in [0.15, 0.2) is 30.3 Å². The molecule has 1 aromatic carbocycles. The largest absolute Gasteiger partial charge is 0.486 e. The molecule has 148 valence electrons. The van der Waals surface area contributed by atoms with Crippen molar-refractivity contribution in [1.29, 1.82) is 0 Å². The molecule has 0 spiro atoms. The van der Waals surface area contributed by atoms with E-state index in [9.17, 15) is 4.79 Å². The first-order valence-corrected chi connectivity index (χ1v) is 9.78. The summed E-state index contributed by atoms with van der Waals surface area (Å²) in [7, 11) is 1.83. The molecular weight excluding hydrogens is 384 g/mol. The monoisotopic (exact) mass is 410 g/mol. The summed E-state index contributed by atoms with van der Waals surface area (Å²) in [6.07, 6.45) is 0.806. The first kappa shape index (κ1) is 21.5. The highest BCUT2D eigenvalue weighted by atomic mass is 35.5. The Morgan fingerprint density at radius 3 is 2.59 bits per heavy atom. The topological polar surface area (TPSA) is 64.8 Å². The standard InChI is InChI=1S/C20H26N2O3S.ClH/c1-13(2)15(21)8-9-22(3)20(23)19-7-6-18(26-19)14-4-5-16-17(12-14)25-11-10-24-16;/h4-7,12-13,15H,8-11,21H2,1-3H3;1H. The van der Waals surface area contributed by atoms with E-state index in [1.807, 2.05) is 37.4 Å². The number of hydrogen-bond acceptors (Lipinski definition) is 5. The predicted molar refractivity (Wildman–Crippen MR) is 112 cm³/mol. The van der Waals surface area contributed by atoms with E-state index in [-0.39, 0.29) is 24.4 Å². The molecule has 0 saturated heterocycles. The molecule has 27 heavy (non-hydrogen) atoms. The van der Waals surface area contributed by atoms with Crippen LogP contribution in [-0.4, -0.2) is 43.7 Å². The summed E-state index contributed by atoms with van der Waals surface area (Å²) in [5.41, 5.74) is 7.11. The summed E-state index contributed by atoms with van der Waals surface area (Å²) in [6, 6.07) is 9.88. The lowest BCUT2D eigenvalue weighted by molar-refractivity contribution is 0.0794. The van der Waals surface area contributed by atoms with Gasteiger partial charge in [-0.2, -0.15) is 0 Å². The van der Waals surface area contributed by atoms with Crippen LogP contribution in [0, 0.1) is 5.92 Å². The number of nitrogens with two attached hydrogens (primary N) is 1. The Labute approximate surface area is 170 Å². The van der Waals surface area contributed by atoms with E-state index in [1.165, 1.54) is 11.3 Å². The van der Waals surface area contributed by atoms with E-state index in [1.54, 1.807) is 4.90 Å². The van der Waals surface area contributed by atoms with Gasteiger partial charge < -0.3 is 20.1 Å². The highest BCUT2D eigenvalue weighted by molar-refractivity contribution is 7.17. The summed E-state index contributed by atoms with van der Waals surface area (Å²) < 4.78 is 11.2. The summed E-state index contributed by atoms with van der Waals surface area (Å²) in [5, 5.41) is 0. The second-order valence-electron chi connectivity index (χ2n) is 6.95. The zero-order chi connectivity index (χ0) is 18.7. The van der Waals surface area contributed by atoms with Crippen LogP contribution < -0.4 is 15.2 Å². The van der Waals surface area contributed by atoms with Gasteiger partial charge in [0.1, 0.15) is 13.2 Å². The molecule has 0 fully saturated rings. The van der Waals surface area contributed by atoms with E-state index in [0.29, 0.717) is 25.7 Å². The van der Waals surface area contributed by atoms with Crippen molar-refractivity contribution >= 4 is 29.7 Å². The van der Waals surface area contributed by atoms with E-state index in [4.69, 9.17) is 15.2 Å². The number of thiophene rings is 1. The van der Waals surface area contributed by atoms with Crippen LogP contribution in [0.4, 0.5) is 0 Å². The van der Waals surface area contributed by atoms with Crippen molar-refractivity contribution in [2.75, 3.05) is 26.8 Å². The molecule has 0 aliphatic carbocycles. The number of halogens is 1. The van der Waals surface area contributed by atoms with E-state index < -0.39 is 0 Å². The number of rotatable bonds is 6. The molecule has 1 unspecified atom stereocenters. The number of benzene rings is 1. The molecule has 1 aliphatic heterocycles. The zero-order valence-electron chi connectivity index (χ0n) is 15.9. The first-order chi connectivity index (χ1) is 12.5. The van der Waals surface area contributed by atoms with Crippen molar-refractivity contribution in [3.63, 3.8) is 0 Å². The molecule has 1 aliphatic rings. The molecule has 1 amide bonds. The van der Waals surface area contributed by atoms with Gasteiger partial charge in [0.2, 0.25) is 0 Å². The predicted octanol–water partition coefficient (Wildman–Crippen LogP) is 4.05. The SMILES string of the molecule is CC(C)C(N)CCN(C)C(=O)c1ccc(-c2ccc3c(c2)OCCO3)s1.Cl. The molecule has 0 bridgehead atoms. The van der Waals surface area contributed by atoms with Crippen molar-refractivity contribution in [1.82, 2.24) is 4.90 Å². The second-order valence-corrected chi connectivity index (χ2v) is 8.03. The van der Waals surface area contributed by atoms with Gasteiger partial charge in [0.15, 0.2) is 11.5 Å². The molecule has 1 aromatic heterocycles. The van der Waals surface area contributed by atoms with Gasteiger partial charge in [0, 0.05) is 24.5 Å². The lowest BCUT2D eigenvalue weighted by atomic mass is 10.0. The summed E-state index contributed by atoms with van der Waals surface area (Å²) in [4.78, 5) is 16.2. The van der Waals surface area contributed by atoms with Gasteiger partial charge in [0.25, 0.3) is 5.91 Å². The van der Waals surface area contributed by atoms with Crippen molar-refractivity contribution in [3.8, 4) is 21.9 Å². The first-order valence-electron chi connectivity index (χ1n) is 8.96. The Morgan fingerprint density at radius 1 is 1.19 bits per heavy atom. The molecule has 0 saturated carbocycles. The maximum Gasteiger partial charge on any atom is 0.263 e. The van der Waals surface area contributed by atoms with Crippen LogP contribution in [0.2, 0.25) is 0 Å². The number of ether oxygens (including phenoxy) is 2. The molecule has 3 rings (SSSR count). The van der Waals surface area contributed by atoms with Crippen LogP contribution in [-0.2, 0) is 0 Å². The van der Waals surface area contributed by atoms with Gasteiger partial charge in [0.05, 0.1) is 4.88 Å². The van der Waals surface area contributed by atoms with Gasteiger partial charge in [-0.05, 0) is 48.2 Å². The van der Waals surface area contributed by atoms with Gasteiger partial charge >= 0.3 is 0 Å². The Hall–Kier alpha value is -1.76. The number of nitrogens with zero attached hydrogens (tertiary/aromatic N) is 1. The number of amides is 1. The van der Waals surface area contributed by atoms with E-state index in [0.717, 1.165) is 33.2 Å². The highest BCUT2D eigenvalue weighted by Gasteiger charge is 2.18. The average Bonchev–Trinajstić information content (AvgIpc) is 3.14. The molecule has 2 N–H and O–H groups in total. The number of fused-ring (bicyclic) bond motifs is 1. The third-order valence-electron chi connectivity index (χ3n) is 4.64. The van der Waals surface area contributed by atoms with Crippen LogP contribution in [0.1, 0.15) is 29.9 Å². The summed E-state index contributed by atoms with van der Waals surface area (Å²) in [5.74, 6) is 1.99. The minimum Gasteiger partial charge on any atom is -0.486 e. The highest BCUT2D eigenvalue weighted by Crippen LogP contribution is 2.37. The van der Waals surface area contributed by atoms with Gasteiger partial charge in [-0.3, -0.25) is 4.79 Å². The average molecular weight is 411 g/mol. The Bertz CT molecular complexity index is 778. The van der Waals surface area contributed by atoms with E-state index >= 15 is 0 Å². The van der Waals surface area contributed by atoms with E-state index in [2.05, 4.69) is 13.8 Å². The maximum absolute atomic E-state index is 12.7. The normalized spacial score (nSPS) is 13.8. The van der Waals surface area contributed by atoms with Crippen LogP contribution in [0.3, 0.4) is 0 Å². The summed E-state index contributed by atoms with van der Waals surface area (Å²) in [6.45, 7) is 6.01. The van der Waals surface area contributed by atoms with Gasteiger partial charge in [-0.25, -0.2) is 0 Å². The van der Waals surface area contributed by atoms with Crippen LogP contribution in [0.5, 0.6) is 11.5 Å². The van der Waals surface area contributed by atoms with Crippen molar-refractivity contribution in [2.45, 2.75) is 26.3 Å². The molecule has 1 atom stereocenters. The maximum atomic E-state index is 12.7. The number of hydrogen-bond donors (Lipinski definition) is 1. The fraction of sp³-hybridized carbons (Fsp3) is 0.450. The molecule has 2 heterocycles. The van der Waals surface area contributed by atoms with Crippen molar-refractivity contribution in [2.24, 2.45) is 11.7 Å². The molecule has 7 heteroatoms.